The van der Waals surface area contributed by atoms with Gasteiger partial charge in [0.1, 0.15) is 11.5 Å². The van der Waals surface area contributed by atoms with Crippen molar-refractivity contribution >= 4 is 15.9 Å². The van der Waals surface area contributed by atoms with Gasteiger partial charge >= 0.3 is 0 Å². The summed E-state index contributed by atoms with van der Waals surface area (Å²) in [5.41, 5.74) is 0. The molecular formula is C17H20N2O5S. The van der Waals surface area contributed by atoms with Crippen LogP contribution in [0.15, 0.2) is 64.6 Å². The Morgan fingerprint density at radius 1 is 1.32 bits per heavy atom. The fourth-order valence-electron chi connectivity index (χ4n) is 2.14. The second-order valence-corrected chi connectivity index (χ2v) is 6.88. The minimum atomic E-state index is -3.84. The molecule has 0 aliphatic carbocycles. The Morgan fingerprint density at radius 2 is 2.04 bits per heavy atom. The van der Waals surface area contributed by atoms with Gasteiger partial charge in [0.2, 0.25) is 15.9 Å². The van der Waals surface area contributed by atoms with Crippen molar-refractivity contribution in [1.29, 1.82) is 0 Å². The lowest BCUT2D eigenvalue weighted by molar-refractivity contribution is -0.121. The maximum Gasteiger partial charge on any atom is 0.241 e. The first-order valence-electron chi connectivity index (χ1n) is 7.53. The summed E-state index contributed by atoms with van der Waals surface area (Å²) >= 11 is 0. The number of hydrogen-bond donors (Lipinski definition) is 2. The summed E-state index contributed by atoms with van der Waals surface area (Å²) in [7, 11) is -2.35. The summed E-state index contributed by atoms with van der Waals surface area (Å²) < 4.78 is 38.0. The topological polar surface area (TPSA) is 97.6 Å². The summed E-state index contributed by atoms with van der Waals surface area (Å²) in [5, 5.41) is 2.62. The van der Waals surface area contributed by atoms with Crippen LogP contribution in [0.1, 0.15) is 18.2 Å². The molecule has 0 saturated carbocycles. The second-order valence-electron chi connectivity index (χ2n) is 5.16. The molecule has 0 aliphatic heterocycles. The molecule has 7 nitrogen and oxygen atoms in total. The second kappa shape index (κ2) is 8.50. The Morgan fingerprint density at radius 3 is 2.60 bits per heavy atom. The minimum Gasteiger partial charge on any atom is -0.497 e. The highest BCUT2D eigenvalue weighted by molar-refractivity contribution is 7.89. The van der Waals surface area contributed by atoms with Crippen LogP contribution in [-0.2, 0) is 14.8 Å². The van der Waals surface area contributed by atoms with Gasteiger partial charge in [0.05, 0.1) is 30.7 Å². The molecule has 0 radical (unpaired) electrons. The van der Waals surface area contributed by atoms with Gasteiger partial charge < -0.3 is 14.5 Å². The zero-order valence-electron chi connectivity index (χ0n) is 13.8. The Kier molecular flexibility index (Phi) is 6.37. The van der Waals surface area contributed by atoms with E-state index in [9.17, 15) is 13.2 Å². The number of rotatable bonds is 9. The van der Waals surface area contributed by atoms with E-state index in [0.717, 1.165) is 0 Å². The smallest absolute Gasteiger partial charge is 0.241 e. The Balaban J connectivity index is 2.19. The molecule has 1 atom stereocenters. The van der Waals surface area contributed by atoms with Crippen molar-refractivity contribution in [3.63, 3.8) is 0 Å². The van der Waals surface area contributed by atoms with Gasteiger partial charge in [-0.3, -0.25) is 4.79 Å². The van der Waals surface area contributed by atoms with E-state index < -0.39 is 16.1 Å². The number of carbonyl (C=O) groups is 1. The number of hydrogen-bond acceptors (Lipinski definition) is 5. The van der Waals surface area contributed by atoms with Gasteiger partial charge in [0, 0.05) is 6.54 Å². The molecule has 0 unspecified atom stereocenters. The van der Waals surface area contributed by atoms with Crippen molar-refractivity contribution in [2.75, 3.05) is 13.7 Å². The van der Waals surface area contributed by atoms with Crippen LogP contribution < -0.4 is 14.8 Å². The highest BCUT2D eigenvalue weighted by Gasteiger charge is 2.25. The van der Waals surface area contributed by atoms with Crippen molar-refractivity contribution in [2.24, 2.45) is 0 Å². The SMILES string of the molecule is C=CCNC(=O)C[C@@H](NS(=O)(=O)c1ccc(OC)cc1)c1ccco1. The summed E-state index contributed by atoms with van der Waals surface area (Å²) in [5.74, 6) is 0.579. The molecule has 1 aromatic heterocycles. The number of carbonyl (C=O) groups excluding carboxylic acids is 1. The normalized spacial score (nSPS) is 12.4. The number of methoxy groups -OCH3 is 1. The van der Waals surface area contributed by atoms with Gasteiger partial charge in [-0.25, -0.2) is 8.42 Å². The van der Waals surface area contributed by atoms with Crippen LogP contribution in [0.4, 0.5) is 0 Å². The van der Waals surface area contributed by atoms with Crippen LogP contribution in [0.25, 0.3) is 0 Å². The van der Waals surface area contributed by atoms with Gasteiger partial charge in [0.15, 0.2) is 0 Å². The zero-order chi connectivity index (χ0) is 18.3. The van der Waals surface area contributed by atoms with E-state index >= 15 is 0 Å². The molecule has 0 aliphatic rings. The average molecular weight is 364 g/mol. The summed E-state index contributed by atoms with van der Waals surface area (Å²) in [4.78, 5) is 12.0. The lowest BCUT2D eigenvalue weighted by Crippen LogP contribution is -2.33. The Labute approximate surface area is 146 Å². The van der Waals surface area contributed by atoms with E-state index in [2.05, 4.69) is 16.6 Å². The molecule has 2 aromatic rings. The molecule has 0 fully saturated rings. The first kappa shape index (κ1) is 18.8. The maximum absolute atomic E-state index is 12.6. The fourth-order valence-corrected chi connectivity index (χ4v) is 3.35. The molecule has 25 heavy (non-hydrogen) atoms. The molecule has 134 valence electrons. The molecule has 1 aromatic carbocycles. The van der Waals surface area contributed by atoms with Crippen LogP contribution in [0.2, 0.25) is 0 Å². The third-order valence-corrected chi connectivity index (χ3v) is 4.87. The lowest BCUT2D eigenvalue weighted by Gasteiger charge is -2.16. The number of nitrogens with one attached hydrogen (secondary N) is 2. The zero-order valence-corrected chi connectivity index (χ0v) is 14.6. The first-order chi connectivity index (χ1) is 12.0. The molecule has 0 spiro atoms. The van der Waals surface area contributed by atoms with Gasteiger partial charge in [-0.05, 0) is 36.4 Å². The lowest BCUT2D eigenvalue weighted by atomic mass is 10.1. The van der Waals surface area contributed by atoms with E-state index in [1.54, 1.807) is 30.3 Å². The van der Waals surface area contributed by atoms with E-state index in [4.69, 9.17) is 9.15 Å². The van der Waals surface area contributed by atoms with Gasteiger partial charge in [0.25, 0.3) is 0 Å². The number of furan rings is 1. The van der Waals surface area contributed by atoms with Crippen LogP contribution in [0.5, 0.6) is 5.75 Å². The van der Waals surface area contributed by atoms with Crippen LogP contribution in [0.3, 0.4) is 0 Å². The van der Waals surface area contributed by atoms with Crippen molar-refractivity contribution in [3.8, 4) is 5.75 Å². The highest BCUT2D eigenvalue weighted by Crippen LogP contribution is 2.22. The largest absolute Gasteiger partial charge is 0.497 e. The predicted octanol–water partition coefficient (Wildman–Crippen LogP) is 2.00. The monoisotopic (exact) mass is 364 g/mol. The van der Waals surface area contributed by atoms with Crippen LogP contribution >= 0.6 is 0 Å². The average Bonchev–Trinajstić information content (AvgIpc) is 3.14. The third kappa shape index (κ3) is 5.20. The minimum absolute atomic E-state index is 0.0661. The number of sulfonamides is 1. The molecule has 1 amide bonds. The van der Waals surface area contributed by atoms with E-state index in [0.29, 0.717) is 18.1 Å². The molecule has 0 bridgehead atoms. The molecule has 8 heteroatoms. The Hall–Kier alpha value is -2.58. The number of benzene rings is 1. The van der Waals surface area contributed by atoms with Crippen molar-refractivity contribution in [3.05, 3.63) is 61.1 Å². The van der Waals surface area contributed by atoms with E-state index in [1.165, 1.54) is 25.5 Å². The quantitative estimate of drug-likeness (QED) is 0.663. The van der Waals surface area contributed by atoms with Gasteiger partial charge in [-0.2, -0.15) is 4.72 Å². The summed E-state index contributed by atoms with van der Waals surface area (Å²) in [6.07, 6.45) is 2.86. The molecule has 1 heterocycles. The molecular weight excluding hydrogens is 344 g/mol. The van der Waals surface area contributed by atoms with E-state index in [-0.39, 0.29) is 17.2 Å². The maximum atomic E-state index is 12.6. The molecule has 0 saturated heterocycles. The number of ether oxygens (including phenoxy) is 1. The summed E-state index contributed by atoms with van der Waals surface area (Å²) in [6.45, 7) is 3.82. The highest BCUT2D eigenvalue weighted by atomic mass is 32.2. The predicted molar refractivity (Wildman–Crippen MR) is 92.6 cm³/mol. The molecule has 2 N–H and O–H groups in total. The first-order valence-corrected chi connectivity index (χ1v) is 9.02. The van der Waals surface area contributed by atoms with Crippen molar-refractivity contribution < 1.29 is 22.4 Å². The van der Waals surface area contributed by atoms with Crippen LogP contribution in [0, 0.1) is 0 Å². The van der Waals surface area contributed by atoms with Crippen molar-refractivity contribution in [2.45, 2.75) is 17.4 Å². The number of amides is 1. The van der Waals surface area contributed by atoms with Gasteiger partial charge in [-0.15, -0.1) is 6.58 Å². The Bertz CT molecular complexity index is 798. The standard InChI is InChI=1S/C17H20N2O5S/c1-3-10-18-17(20)12-15(16-5-4-11-24-16)19-25(21,22)14-8-6-13(23-2)7-9-14/h3-9,11,15,19H,1,10,12H2,2H3,(H,18,20)/t15-/m1/s1. The summed E-state index contributed by atoms with van der Waals surface area (Å²) in [6, 6.07) is 8.37. The fraction of sp³-hybridized carbons (Fsp3) is 0.235. The van der Waals surface area contributed by atoms with E-state index in [1.807, 2.05) is 0 Å². The van der Waals surface area contributed by atoms with Crippen LogP contribution in [-0.4, -0.2) is 28.0 Å². The third-order valence-electron chi connectivity index (χ3n) is 3.39. The van der Waals surface area contributed by atoms with Gasteiger partial charge in [-0.1, -0.05) is 6.08 Å². The molecule has 2 rings (SSSR count). The van der Waals surface area contributed by atoms with Crippen molar-refractivity contribution in [1.82, 2.24) is 10.0 Å².